The highest BCUT2D eigenvalue weighted by Crippen LogP contribution is 2.13. The maximum atomic E-state index is 12.0. The molecule has 0 aliphatic carbocycles. The fourth-order valence-electron chi connectivity index (χ4n) is 1.86. The molecule has 0 aliphatic heterocycles. The third-order valence-electron chi connectivity index (χ3n) is 3.04. The van der Waals surface area contributed by atoms with E-state index in [9.17, 15) is 13.2 Å². The van der Waals surface area contributed by atoms with Crippen LogP contribution in [-0.4, -0.2) is 27.4 Å². The van der Waals surface area contributed by atoms with E-state index in [4.69, 9.17) is 16.0 Å². The molecular formula is C15H17ClN2O4S. The van der Waals surface area contributed by atoms with Gasteiger partial charge in [0.2, 0.25) is 15.9 Å². The average Bonchev–Trinajstić information content (AvgIpc) is 3.01. The zero-order valence-electron chi connectivity index (χ0n) is 12.3. The molecule has 0 saturated carbocycles. The Labute approximate surface area is 139 Å². The van der Waals surface area contributed by atoms with E-state index in [1.807, 2.05) is 6.07 Å². The number of furan rings is 1. The second-order valence-electron chi connectivity index (χ2n) is 4.78. The van der Waals surface area contributed by atoms with Crippen LogP contribution in [0.1, 0.15) is 12.2 Å². The summed E-state index contributed by atoms with van der Waals surface area (Å²) in [7, 11) is -3.63. The molecule has 0 radical (unpaired) electrons. The topological polar surface area (TPSA) is 88.4 Å². The second-order valence-corrected chi connectivity index (χ2v) is 6.98. The Bertz CT molecular complexity index is 727. The number of carbonyl (C=O) groups is 1. The van der Waals surface area contributed by atoms with Gasteiger partial charge in [-0.05, 0) is 36.4 Å². The van der Waals surface area contributed by atoms with Gasteiger partial charge in [-0.1, -0.05) is 11.6 Å². The van der Waals surface area contributed by atoms with E-state index in [0.29, 0.717) is 18.0 Å². The van der Waals surface area contributed by atoms with Gasteiger partial charge in [0.05, 0.1) is 11.2 Å². The molecule has 0 fully saturated rings. The number of sulfonamides is 1. The summed E-state index contributed by atoms with van der Waals surface area (Å²) in [4.78, 5) is 11.8. The molecule has 0 saturated heterocycles. The van der Waals surface area contributed by atoms with Crippen molar-refractivity contribution in [1.29, 1.82) is 0 Å². The summed E-state index contributed by atoms with van der Waals surface area (Å²) in [6, 6.07) is 9.42. The summed E-state index contributed by atoms with van der Waals surface area (Å²) in [5.41, 5.74) is 0. The molecule has 1 aromatic heterocycles. The van der Waals surface area contributed by atoms with Crippen LogP contribution in [0.25, 0.3) is 0 Å². The van der Waals surface area contributed by atoms with Crippen molar-refractivity contribution >= 4 is 27.5 Å². The lowest BCUT2D eigenvalue weighted by Crippen LogP contribution is -2.31. The Morgan fingerprint density at radius 2 is 1.87 bits per heavy atom. The van der Waals surface area contributed by atoms with Crippen LogP contribution in [-0.2, 0) is 21.2 Å². The smallest absolute Gasteiger partial charge is 0.240 e. The number of carbonyl (C=O) groups excluding carboxylic acids is 1. The first-order valence-electron chi connectivity index (χ1n) is 7.02. The zero-order valence-corrected chi connectivity index (χ0v) is 13.9. The van der Waals surface area contributed by atoms with E-state index in [1.54, 1.807) is 12.3 Å². The Balaban J connectivity index is 1.71. The number of hydrogen-bond acceptors (Lipinski definition) is 4. The molecule has 8 heteroatoms. The first kappa shape index (κ1) is 17.5. The van der Waals surface area contributed by atoms with Gasteiger partial charge in [0.15, 0.2) is 0 Å². The monoisotopic (exact) mass is 356 g/mol. The highest BCUT2D eigenvalue weighted by Gasteiger charge is 2.13. The molecule has 2 rings (SSSR count). The molecule has 0 unspecified atom stereocenters. The van der Waals surface area contributed by atoms with Crippen molar-refractivity contribution in [2.45, 2.75) is 17.7 Å². The van der Waals surface area contributed by atoms with Gasteiger partial charge in [0, 0.05) is 31.0 Å². The van der Waals surface area contributed by atoms with Crippen LogP contribution < -0.4 is 10.0 Å². The highest BCUT2D eigenvalue weighted by molar-refractivity contribution is 7.89. The van der Waals surface area contributed by atoms with E-state index >= 15 is 0 Å². The average molecular weight is 357 g/mol. The summed E-state index contributed by atoms with van der Waals surface area (Å²) < 4.78 is 31.5. The van der Waals surface area contributed by atoms with Gasteiger partial charge in [-0.25, -0.2) is 13.1 Å². The third-order valence-corrected chi connectivity index (χ3v) is 4.77. The Kier molecular flexibility index (Phi) is 6.20. The lowest BCUT2D eigenvalue weighted by atomic mass is 10.3. The van der Waals surface area contributed by atoms with E-state index in [-0.39, 0.29) is 23.8 Å². The normalized spacial score (nSPS) is 11.3. The molecule has 2 N–H and O–H groups in total. The Hall–Kier alpha value is -1.83. The molecule has 1 heterocycles. The molecule has 0 bridgehead atoms. The number of hydrogen-bond donors (Lipinski definition) is 2. The maximum Gasteiger partial charge on any atom is 0.240 e. The number of halogens is 1. The molecule has 0 aliphatic rings. The van der Waals surface area contributed by atoms with Gasteiger partial charge in [-0.2, -0.15) is 0 Å². The van der Waals surface area contributed by atoms with Gasteiger partial charge in [0.1, 0.15) is 5.76 Å². The summed E-state index contributed by atoms with van der Waals surface area (Å²) in [5.74, 6) is 0.559. The molecule has 0 spiro atoms. The minimum atomic E-state index is -3.63. The first-order valence-corrected chi connectivity index (χ1v) is 8.88. The van der Waals surface area contributed by atoms with Gasteiger partial charge < -0.3 is 9.73 Å². The van der Waals surface area contributed by atoms with Crippen molar-refractivity contribution < 1.29 is 17.6 Å². The van der Waals surface area contributed by atoms with Gasteiger partial charge in [0.25, 0.3) is 0 Å². The molecule has 23 heavy (non-hydrogen) atoms. The van der Waals surface area contributed by atoms with Gasteiger partial charge >= 0.3 is 0 Å². The largest absolute Gasteiger partial charge is 0.469 e. The Morgan fingerprint density at radius 1 is 1.13 bits per heavy atom. The fraction of sp³-hybridized carbons (Fsp3) is 0.267. The van der Waals surface area contributed by atoms with Crippen LogP contribution in [0, 0.1) is 0 Å². The number of amides is 1. The summed E-state index contributed by atoms with van der Waals surface area (Å²) in [5, 5.41) is 3.16. The van der Waals surface area contributed by atoms with Crippen molar-refractivity contribution in [3.8, 4) is 0 Å². The van der Waals surface area contributed by atoms with Crippen molar-refractivity contribution in [1.82, 2.24) is 10.0 Å². The summed E-state index contributed by atoms with van der Waals surface area (Å²) in [6.07, 6.45) is 2.23. The van der Waals surface area contributed by atoms with E-state index in [2.05, 4.69) is 10.0 Å². The Morgan fingerprint density at radius 3 is 2.52 bits per heavy atom. The highest BCUT2D eigenvalue weighted by atomic mass is 35.5. The van der Waals surface area contributed by atoms with E-state index in [0.717, 1.165) is 5.76 Å². The molecule has 0 atom stereocenters. The van der Waals surface area contributed by atoms with Crippen molar-refractivity contribution in [2.75, 3.05) is 13.1 Å². The maximum absolute atomic E-state index is 12.0. The lowest BCUT2D eigenvalue weighted by Gasteiger charge is -2.07. The molecular weight excluding hydrogens is 340 g/mol. The molecule has 1 aromatic carbocycles. The number of rotatable bonds is 8. The van der Waals surface area contributed by atoms with Crippen molar-refractivity contribution in [3.05, 3.63) is 53.4 Å². The number of nitrogens with one attached hydrogen (secondary N) is 2. The van der Waals surface area contributed by atoms with Crippen LogP contribution in [0.4, 0.5) is 0 Å². The fourth-order valence-corrected chi connectivity index (χ4v) is 3.02. The lowest BCUT2D eigenvalue weighted by molar-refractivity contribution is -0.120. The third kappa shape index (κ3) is 5.70. The molecule has 2 aromatic rings. The van der Waals surface area contributed by atoms with Gasteiger partial charge in [-0.15, -0.1) is 0 Å². The summed E-state index contributed by atoms with van der Waals surface area (Å²) >= 11 is 5.72. The van der Waals surface area contributed by atoms with E-state index < -0.39 is 10.0 Å². The SMILES string of the molecule is O=C(CCNS(=O)(=O)c1ccc(Cl)cc1)NCCc1ccco1. The van der Waals surface area contributed by atoms with Crippen LogP contribution in [0.3, 0.4) is 0 Å². The quantitative estimate of drug-likeness (QED) is 0.756. The molecule has 6 nitrogen and oxygen atoms in total. The minimum absolute atomic E-state index is 0.0253. The van der Waals surface area contributed by atoms with Crippen molar-refractivity contribution in [2.24, 2.45) is 0 Å². The number of benzene rings is 1. The molecule has 1 amide bonds. The second kappa shape index (κ2) is 8.14. The minimum Gasteiger partial charge on any atom is -0.469 e. The van der Waals surface area contributed by atoms with Crippen LogP contribution >= 0.6 is 11.6 Å². The standard InChI is InChI=1S/C15H17ClN2O4S/c16-12-3-5-14(6-4-12)23(20,21)18-10-8-15(19)17-9-7-13-2-1-11-22-13/h1-6,11,18H,7-10H2,(H,17,19). The first-order chi connectivity index (χ1) is 11.0. The van der Waals surface area contributed by atoms with Crippen LogP contribution in [0.5, 0.6) is 0 Å². The predicted molar refractivity (Wildman–Crippen MR) is 86.7 cm³/mol. The van der Waals surface area contributed by atoms with Gasteiger partial charge in [-0.3, -0.25) is 4.79 Å². The zero-order chi connectivity index (χ0) is 16.7. The molecule has 124 valence electrons. The van der Waals surface area contributed by atoms with Crippen LogP contribution in [0.15, 0.2) is 52.0 Å². The predicted octanol–water partition coefficient (Wildman–Crippen LogP) is 1.96. The van der Waals surface area contributed by atoms with Crippen molar-refractivity contribution in [3.63, 3.8) is 0 Å². The van der Waals surface area contributed by atoms with E-state index in [1.165, 1.54) is 24.3 Å². The van der Waals surface area contributed by atoms with Crippen LogP contribution in [0.2, 0.25) is 5.02 Å². The summed E-state index contributed by atoms with van der Waals surface area (Å²) in [6.45, 7) is 0.466.